The van der Waals surface area contributed by atoms with E-state index in [0.29, 0.717) is 0 Å². The topological polar surface area (TPSA) is 37.3 Å². The fourth-order valence-electron chi connectivity index (χ4n) is 0.190. The SMILES string of the molecule is O=C(O)/C=C(/F)C(F)(F)F. The lowest BCUT2D eigenvalue weighted by molar-refractivity contribution is -0.133. The largest absolute Gasteiger partial charge is 0.478 e. The van der Waals surface area contributed by atoms with Gasteiger partial charge in [-0.3, -0.25) is 0 Å². The molecule has 0 aromatic carbocycles. The lowest BCUT2D eigenvalue weighted by atomic mass is 10.4. The van der Waals surface area contributed by atoms with E-state index in [1.165, 1.54) is 0 Å². The summed E-state index contributed by atoms with van der Waals surface area (Å²) in [6, 6.07) is 0. The van der Waals surface area contributed by atoms with E-state index in [1.807, 2.05) is 0 Å². The first-order chi connectivity index (χ1) is 4.34. The van der Waals surface area contributed by atoms with Crippen molar-refractivity contribution in [3.05, 3.63) is 11.9 Å². The summed E-state index contributed by atoms with van der Waals surface area (Å²) in [4.78, 5) is 9.44. The molecule has 0 saturated heterocycles. The minimum atomic E-state index is -5.20. The lowest BCUT2D eigenvalue weighted by Gasteiger charge is -1.99. The predicted octanol–water partition coefficient (Wildman–Crippen LogP) is 1.49. The van der Waals surface area contributed by atoms with Crippen LogP contribution in [0.15, 0.2) is 11.9 Å². The number of carbonyl (C=O) groups is 1. The number of rotatable bonds is 1. The maximum Gasteiger partial charge on any atom is 0.443 e. The highest BCUT2D eigenvalue weighted by atomic mass is 19.4. The average Bonchev–Trinajstić information content (AvgIpc) is 1.60. The molecule has 0 radical (unpaired) electrons. The Balaban J connectivity index is 4.35. The summed E-state index contributed by atoms with van der Waals surface area (Å²) in [6.07, 6.45) is -5.74. The van der Waals surface area contributed by atoms with Crippen molar-refractivity contribution >= 4 is 5.97 Å². The van der Waals surface area contributed by atoms with Gasteiger partial charge in [0.1, 0.15) is 0 Å². The molecular weight excluding hydrogens is 156 g/mol. The molecule has 0 unspecified atom stereocenters. The molecule has 1 N–H and O–H groups in total. The number of aliphatic carboxylic acids is 1. The van der Waals surface area contributed by atoms with Gasteiger partial charge in [-0.2, -0.15) is 13.2 Å². The van der Waals surface area contributed by atoms with E-state index in [2.05, 4.69) is 0 Å². The van der Waals surface area contributed by atoms with Gasteiger partial charge in [-0.1, -0.05) is 0 Å². The summed E-state index contributed by atoms with van der Waals surface area (Å²) in [7, 11) is 0. The summed E-state index contributed by atoms with van der Waals surface area (Å²) in [6.45, 7) is 0. The van der Waals surface area contributed by atoms with Crippen LogP contribution in [-0.2, 0) is 4.79 Å². The zero-order chi connectivity index (χ0) is 8.36. The zero-order valence-corrected chi connectivity index (χ0v) is 4.44. The van der Waals surface area contributed by atoms with Crippen molar-refractivity contribution < 1.29 is 27.5 Å². The molecule has 0 saturated carbocycles. The fraction of sp³-hybridized carbons (Fsp3) is 0.250. The molecular formula is C4H2F4O2. The third-order valence-corrected chi connectivity index (χ3v) is 0.521. The minimum absolute atomic E-state index is 0.542. The fourth-order valence-corrected chi connectivity index (χ4v) is 0.190. The molecule has 0 heterocycles. The Morgan fingerprint density at radius 2 is 1.80 bits per heavy atom. The van der Waals surface area contributed by atoms with Crippen molar-refractivity contribution in [3.63, 3.8) is 0 Å². The lowest BCUT2D eigenvalue weighted by Crippen LogP contribution is -2.09. The van der Waals surface area contributed by atoms with E-state index in [1.54, 1.807) is 0 Å². The van der Waals surface area contributed by atoms with Crippen molar-refractivity contribution in [1.82, 2.24) is 0 Å². The maximum atomic E-state index is 11.5. The monoisotopic (exact) mass is 158 g/mol. The zero-order valence-electron chi connectivity index (χ0n) is 4.44. The van der Waals surface area contributed by atoms with Gasteiger partial charge in [-0.25, -0.2) is 9.18 Å². The van der Waals surface area contributed by atoms with Crippen LogP contribution >= 0.6 is 0 Å². The first-order valence-corrected chi connectivity index (χ1v) is 2.01. The van der Waals surface area contributed by atoms with E-state index in [9.17, 15) is 22.4 Å². The summed E-state index contributed by atoms with van der Waals surface area (Å²) in [5, 5.41) is 7.63. The molecule has 0 aliphatic rings. The van der Waals surface area contributed by atoms with Crippen LogP contribution in [0, 0.1) is 0 Å². The van der Waals surface area contributed by atoms with E-state index >= 15 is 0 Å². The summed E-state index contributed by atoms with van der Waals surface area (Å²) < 4.78 is 44.8. The Kier molecular flexibility index (Phi) is 2.39. The Labute approximate surface area is 52.8 Å². The van der Waals surface area contributed by atoms with Crippen LogP contribution in [0.25, 0.3) is 0 Å². The number of carboxylic acid groups (broad SMARTS) is 1. The first kappa shape index (κ1) is 8.93. The summed E-state index contributed by atoms with van der Waals surface area (Å²) in [5.41, 5.74) is 0. The first-order valence-electron chi connectivity index (χ1n) is 2.01. The van der Waals surface area contributed by atoms with Crippen molar-refractivity contribution in [2.45, 2.75) is 6.18 Å². The van der Waals surface area contributed by atoms with Crippen LogP contribution in [0.4, 0.5) is 17.6 Å². The predicted molar refractivity (Wildman–Crippen MR) is 22.9 cm³/mol. The number of hydrogen-bond donors (Lipinski definition) is 1. The van der Waals surface area contributed by atoms with Gasteiger partial charge in [0.25, 0.3) is 0 Å². The molecule has 0 amide bonds. The number of alkyl halides is 3. The van der Waals surface area contributed by atoms with Crippen molar-refractivity contribution in [2.75, 3.05) is 0 Å². The van der Waals surface area contributed by atoms with Crippen molar-refractivity contribution in [2.24, 2.45) is 0 Å². The molecule has 6 heteroatoms. The van der Waals surface area contributed by atoms with Gasteiger partial charge in [0.2, 0.25) is 5.83 Å². The molecule has 58 valence electrons. The maximum absolute atomic E-state index is 11.5. The van der Waals surface area contributed by atoms with E-state index < -0.39 is 24.0 Å². The molecule has 0 aromatic rings. The van der Waals surface area contributed by atoms with Crippen LogP contribution in [0.5, 0.6) is 0 Å². The number of allylic oxidation sites excluding steroid dienone is 1. The average molecular weight is 158 g/mol. The molecule has 10 heavy (non-hydrogen) atoms. The van der Waals surface area contributed by atoms with E-state index in [4.69, 9.17) is 5.11 Å². The van der Waals surface area contributed by atoms with Gasteiger partial charge in [0.05, 0.1) is 6.08 Å². The normalized spacial score (nSPS) is 13.4. The van der Waals surface area contributed by atoms with Gasteiger partial charge < -0.3 is 5.11 Å². The van der Waals surface area contributed by atoms with Gasteiger partial charge in [-0.05, 0) is 0 Å². The smallest absolute Gasteiger partial charge is 0.443 e. The second kappa shape index (κ2) is 2.68. The molecule has 0 bridgehead atoms. The quantitative estimate of drug-likeness (QED) is 0.463. The van der Waals surface area contributed by atoms with E-state index in [-0.39, 0.29) is 0 Å². The van der Waals surface area contributed by atoms with Gasteiger partial charge >= 0.3 is 12.1 Å². The number of carboxylic acids is 1. The van der Waals surface area contributed by atoms with E-state index in [0.717, 1.165) is 0 Å². The minimum Gasteiger partial charge on any atom is -0.478 e. The number of hydrogen-bond acceptors (Lipinski definition) is 1. The van der Waals surface area contributed by atoms with Crippen LogP contribution in [0.2, 0.25) is 0 Å². The molecule has 0 spiro atoms. The van der Waals surface area contributed by atoms with Crippen LogP contribution in [-0.4, -0.2) is 17.3 Å². The second-order valence-electron chi connectivity index (χ2n) is 1.33. The number of halogens is 4. The Hall–Kier alpha value is -1.07. The Morgan fingerprint density at radius 1 is 1.40 bits per heavy atom. The van der Waals surface area contributed by atoms with Crippen molar-refractivity contribution in [3.8, 4) is 0 Å². The second-order valence-corrected chi connectivity index (χ2v) is 1.33. The molecule has 2 nitrogen and oxygen atoms in total. The van der Waals surface area contributed by atoms with Crippen LogP contribution in [0.1, 0.15) is 0 Å². The highest BCUT2D eigenvalue weighted by Crippen LogP contribution is 2.25. The molecule has 0 atom stereocenters. The molecule has 0 aliphatic carbocycles. The molecule has 0 aromatic heterocycles. The Bertz CT molecular complexity index is 169. The van der Waals surface area contributed by atoms with Crippen LogP contribution < -0.4 is 0 Å². The molecule has 0 rings (SSSR count). The van der Waals surface area contributed by atoms with Crippen molar-refractivity contribution in [1.29, 1.82) is 0 Å². The summed E-state index contributed by atoms with van der Waals surface area (Å²) in [5.74, 6) is -4.57. The van der Waals surface area contributed by atoms with Gasteiger partial charge in [0.15, 0.2) is 0 Å². The molecule has 0 aliphatic heterocycles. The van der Waals surface area contributed by atoms with Crippen LogP contribution in [0.3, 0.4) is 0 Å². The third kappa shape index (κ3) is 3.06. The highest BCUT2D eigenvalue weighted by Gasteiger charge is 2.35. The third-order valence-electron chi connectivity index (χ3n) is 0.521. The van der Waals surface area contributed by atoms with Gasteiger partial charge in [0, 0.05) is 0 Å². The van der Waals surface area contributed by atoms with Gasteiger partial charge in [-0.15, -0.1) is 0 Å². The summed E-state index contributed by atoms with van der Waals surface area (Å²) >= 11 is 0. The molecule has 0 fully saturated rings. The Morgan fingerprint density at radius 3 is 1.90 bits per heavy atom. The highest BCUT2D eigenvalue weighted by molar-refractivity contribution is 5.80. The standard InChI is InChI=1S/C4H2F4O2/c5-2(1-3(9)10)4(6,7)8/h1H,(H,9,10)/b2-1+.